The summed E-state index contributed by atoms with van der Waals surface area (Å²) in [6, 6.07) is 11.9. The first-order valence-corrected chi connectivity index (χ1v) is 10.7. The molecule has 0 bridgehead atoms. The number of rotatable bonds is 4. The van der Waals surface area contributed by atoms with E-state index in [1.165, 1.54) is 6.33 Å². The van der Waals surface area contributed by atoms with E-state index in [0.717, 1.165) is 47.5 Å². The number of aromatic nitrogens is 2. The maximum atomic E-state index is 6.25. The summed E-state index contributed by atoms with van der Waals surface area (Å²) in [6.45, 7) is 1.60. The quantitative estimate of drug-likeness (QED) is 0.677. The normalized spacial score (nSPS) is 23.1. The smallest absolute Gasteiger partial charge is 0.283 e. The van der Waals surface area contributed by atoms with E-state index >= 15 is 0 Å². The molecule has 0 aliphatic carbocycles. The second-order valence-corrected chi connectivity index (χ2v) is 8.14. The van der Waals surface area contributed by atoms with Gasteiger partial charge in [0.25, 0.3) is 6.02 Å². The second kappa shape index (κ2) is 7.49. The number of amidine groups is 1. The van der Waals surface area contributed by atoms with Gasteiger partial charge in [-0.3, -0.25) is 0 Å². The molecule has 0 amide bonds. The van der Waals surface area contributed by atoms with Crippen LogP contribution in [-0.2, 0) is 15.0 Å². The molecule has 1 saturated heterocycles. The van der Waals surface area contributed by atoms with Gasteiger partial charge >= 0.3 is 0 Å². The standard InChI is InChI=1S/C24H22N4O4/c25-23-28-24(13-31-23)19-8-15(16-10-26-14-27-11-16)3-5-21(19)32-22-6-4-17(9-20(22)24)30-12-18-2-1-7-29-18/h3-6,8-11,14,18H,1-2,7,12-13H2,(H2,25,28)/t18?,24-/m0/s1. The van der Waals surface area contributed by atoms with Crippen molar-refractivity contribution in [3.63, 3.8) is 0 Å². The van der Waals surface area contributed by atoms with E-state index in [1.54, 1.807) is 12.4 Å². The number of fused-ring (bicyclic) bond motifs is 4. The van der Waals surface area contributed by atoms with Gasteiger partial charge in [0.2, 0.25) is 0 Å². The lowest BCUT2D eigenvalue weighted by Crippen LogP contribution is -2.31. The summed E-state index contributed by atoms with van der Waals surface area (Å²) >= 11 is 0. The molecule has 2 N–H and O–H groups in total. The van der Waals surface area contributed by atoms with Gasteiger partial charge in [0, 0.05) is 35.7 Å². The number of nitrogens with zero attached hydrogens (tertiary/aromatic N) is 3. The first-order valence-electron chi connectivity index (χ1n) is 10.7. The fraction of sp³-hybridized carbons (Fsp3) is 0.292. The molecule has 0 radical (unpaired) electrons. The third kappa shape index (κ3) is 3.15. The summed E-state index contributed by atoms with van der Waals surface area (Å²) in [4.78, 5) is 13.0. The van der Waals surface area contributed by atoms with E-state index in [-0.39, 0.29) is 18.7 Å². The lowest BCUT2D eigenvalue weighted by molar-refractivity contribution is 0.0678. The average molecular weight is 430 g/mol. The Morgan fingerprint density at radius 3 is 2.59 bits per heavy atom. The number of nitrogens with two attached hydrogens (primary N) is 1. The predicted octanol–water partition coefficient (Wildman–Crippen LogP) is 3.40. The Kier molecular flexibility index (Phi) is 4.46. The Morgan fingerprint density at radius 2 is 1.84 bits per heavy atom. The van der Waals surface area contributed by atoms with Crippen LogP contribution in [0.1, 0.15) is 24.0 Å². The highest BCUT2D eigenvalue weighted by atomic mass is 16.5. The zero-order chi connectivity index (χ0) is 21.5. The van der Waals surface area contributed by atoms with Crippen LogP contribution >= 0.6 is 0 Å². The average Bonchev–Trinajstić information content (AvgIpc) is 3.49. The Labute approximate surface area is 185 Å². The minimum atomic E-state index is -0.818. The summed E-state index contributed by atoms with van der Waals surface area (Å²) < 4.78 is 23.6. The monoisotopic (exact) mass is 430 g/mol. The molecule has 3 aliphatic heterocycles. The first kappa shape index (κ1) is 19.1. The molecule has 32 heavy (non-hydrogen) atoms. The summed E-state index contributed by atoms with van der Waals surface area (Å²) in [5.74, 6) is 2.16. The molecule has 8 heteroatoms. The Hall–Kier alpha value is -3.65. The van der Waals surface area contributed by atoms with Gasteiger partial charge in [0.05, 0.1) is 6.10 Å². The van der Waals surface area contributed by atoms with E-state index in [2.05, 4.69) is 9.97 Å². The van der Waals surface area contributed by atoms with Crippen molar-refractivity contribution in [2.45, 2.75) is 24.5 Å². The molecule has 0 saturated carbocycles. The molecule has 1 fully saturated rings. The van der Waals surface area contributed by atoms with Crippen LogP contribution in [0.2, 0.25) is 0 Å². The molecule has 1 aromatic heterocycles. The SMILES string of the molecule is NC1=N[C@]2(CO1)c1cc(OCC3CCCO3)ccc1Oc1ccc(-c3cncnc3)cc12. The zero-order valence-corrected chi connectivity index (χ0v) is 17.4. The Morgan fingerprint density at radius 1 is 1.03 bits per heavy atom. The molecule has 162 valence electrons. The van der Waals surface area contributed by atoms with Crippen molar-refractivity contribution in [2.24, 2.45) is 10.7 Å². The van der Waals surface area contributed by atoms with Crippen LogP contribution in [-0.4, -0.2) is 41.9 Å². The van der Waals surface area contributed by atoms with Gasteiger partial charge in [-0.1, -0.05) is 6.07 Å². The van der Waals surface area contributed by atoms with Gasteiger partial charge < -0.3 is 24.7 Å². The first-order chi connectivity index (χ1) is 15.7. The van der Waals surface area contributed by atoms with E-state index in [4.69, 9.17) is 29.7 Å². The number of hydrogen-bond acceptors (Lipinski definition) is 8. The number of aliphatic imine (C=N–C) groups is 1. The van der Waals surface area contributed by atoms with Crippen molar-refractivity contribution in [3.05, 3.63) is 66.2 Å². The van der Waals surface area contributed by atoms with Crippen molar-refractivity contribution in [1.29, 1.82) is 0 Å². The van der Waals surface area contributed by atoms with Gasteiger partial charge in [-0.25, -0.2) is 15.0 Å². The van der Waals surface area contributed by atoms with Gasteiger partial charge in [0.15, 0.2) is 5.54 Å². The van der Waals surface area contributed by atoms with Gasteiger partial charge in [-0.15, -0.1) is 0 Å². The summed E-state index contributed by atoms with van der Waals surface area (Å²) in [5, 5.41) is 0. The van der Waals surface area contributed by atoms with Crippen LogP contribution in [0, 0.1) is 0 Å². The lowest BCUT2D eigenvalue weighted by atomic mass is 9.80. The zero-order valence-electron chi connectivity index (χ0n) is 17.4. The van der Waals surface area contributed by atoms with Crippen LogP contribution in [0.3, 0.4) is 0 Å². The summed E-state index contributed by atoms with van der Waals surface area (Å²) in [5.41, 5.74) is 8.78. The fourth-order valence-corrected chi connectivity index (χ4v) is 4.52. The molecule has 3 aliphatic rings. The van der Waals surface area contributed by atoms with Gasteiger partial charge in [0.1, 0.15) is 36.8 Å². The Bertz CT molecular complexity index is 1190. The van der Waals surface area contributed by atoms with Crippen molar-refractivity contribution >= 4 is 6.02 Å². The molecule has 2 atom stereocenters. The number of benzene rings is 2. The molecular weight excluding hydrogens is 408 g/mol. The van der Waals surface area contributed by atoms with E-state index in [0.29, 0.717) is 18.1 Å². The topological polar surface area (TPSA) is 101 Å². The largest absolute Gasteiger partial charge is 0.491 e. The van der Waals surface area contributed by atoms with E-state index in [9.17, 15) is 0 Å². The molecular formula is C24H22N4O4. The van der Waals surface area contributed by atoms with E-state index in [1.807, 2.05) is 36.4 Å². The molecule has 4 heterocycles. The predicted molar refractivity (Wildman–Crippen MR) is 117 cm³/mol. The van der Waals surface area contributed by atoms with Crippen LogP contribution in [0.15, 0.2) is 60.1 Å². The minimum Gasteiger partial charge on any atom is -0.491 e. The maximum absolute atomic E-state index is 6.25. The van der Waals surface area contributed by atoms with E-state index < -0.39 is 5.54 Å². The molecule has 8 nitrogen and oxygen atoms in total. The van der Waals surface area contributed by atoms with Crippen LogP contribution in [0.5, 0.6) is 17.2 Å². The van der Waals surface area contributed by atoms with Gasteiger partial charge in [-0.05, 0) is 48.7 Å². The second-order valence-electron chi connectivity index (χ2n) is 8.14. The number of ether oxygens (including phenoxy) is 4. The Balaban J connectivity index is 1.42. The van der Waals surface area contributed by atoms with Crippen molar-refractivity contribution in [2.75, 3.05) is 19.8 Å². The van der Waals surface area contributed by atoms with Crippen molar-refractivity contribution < 1.29 is 18.9 Å². The minimum absolute atomic E-state index is 0.135. The van der Waals surface area contributed by atoms with Crippen molar-refractivity contribution in [1.82, 2.24) is 9.97 Å². The molecule has 2 aromatic carbocycles. The highest BCUT2D eigenvalue weighted by Crippen LogP contribution is 2.52. The van der Waals surface area contributed by atoms with Crippen LogP contribution in [0.4, 0.5) is 0 Å². The fourth-order valence-electron chi connectivity index (χ4n) is 4.52. The number of hydrogen-bond donors (Lipinski definition) is 1. The molecule has 6 rings (SSSR count). The highest BCUT2D eigenvalue weighted by Gasteiger charge is 2.47. The lowest BCUT2D eigenvalue weighted by Gasteiger charge is -2.34. The maximum Gasteiger partial charge on any atom is 0.283 e. The van der Waals surface area contributed by atoms with Gasteiger partial charge in [-0.2, -0.15) is 0 Å². The van der Waals surface area contributed by atoms with Crippen LogP contribution < -0.4 is 15.2 Å². The molecule has 3 aromatic rings. The summed E-state index contributed by atoms with van der Waals surface area (Å²) in [6.07, 6.45) is 7.29. The summed E-state index contributed by atoms with van der Waals surface area (Å²) in [7, 11) is 0. The van der Waals surface area contributed by atoms with Crippen molar-refractivity contribution in [3.8, 4) is 28.4 Å². The third-order valence-electron chi connectivity index (χ3n) is 6.13. The third-order valence-corrected chi connectivity index (χ3v) is 6.13. The van der Waals surface area contributed by atoms with Crippen LogP contribution in [0.25, 0.3) is 11.1 Å². The highest BCUT2D eigenvalue weighted by molar-refractivity contribution is 5.78. The molecule has 1 unspecified atom stereocenters. The molecule has 1 spiro atoms.